The summed E-state index contributed by atoms with van der Waals surface area (Å²) in [6.07, 6.45) is 1.65. The Balaban J connectivity index is 1.72. The maximum atomic E-state index is 12.5. The van der Waals surface area contributed by atoms with Crippen LogP contribution in [0.25, 0.3) is 0 Å². The second-order valence-corrected chi connectivity index (χ2v) is 8.19. The topological polar surface area (TPSA) is 118 Å². The zero-order valence-corrected chi connectivity index (χ0v) is 15.5. The monoisotopic (exact) mass is 389 g/mol. The van der Waals surface area contributed by atoms with E-state index < -0.39 is 20.9 Å². The number of sulfonamides is 1. The second kappa shape index (κ2) is 7.45. The van der Waals surface area contributed by atoms with Gasteiger partial charge in [0, 0.05) is 30.3 Å². The first-order valence-corrected chi connectivity index (χ1v) is 9.89. The summed E-state index contributed by atoms with van der Waals surface area (Å²) in [7, 11) is -3.64. The van der Waals surface area contributed by atoms with Gasteiger partial charge in [-0.15, -0.1) is 0 Å². The zero-order valence-electron chi connectivity index (χ0n) is 14.6. The Bertz CT molecular complexity index is 983. The van der Waals surface area contributed by atoms with E-state index in [4.69, 9.17) is 0 Å². The van der Waals surface area contributed by atoms with Crippen molar-refractivity contribution in [3.8, 4) is 0 Å². The van der Waals surface area contributed by atoms with Crippen molar-refractivity contribution in [3.05, 3.63) is 69.3 Å². The SMILES string of the molecule is Cc1ccc(S(=O)(=O)NC2CC2)cc1C(=O)NCc1ccc([N+](=O)[O-])cc1. The van der Waals surface area contributed by atoms with Crippen LogP contribution in [0.2, 0.25) is 0 Å². The highest BCUT2D eigenvalue weighted by molar-refractivity contribution is 7.89. The van der Waals surface area contributed by atoms with Crippen molar-refractivity contribution in [2.75, 3.05) is 0 Å². The molecular weight excluding hydrogens is 370 g/mol. The standard InChI is InChI=1S/C18H19N3O5S/c1-12-2-9-16(27(25,26)20-14-5-6-14)10-17(12)18(22)19-11-13-3-7-15(8-4-13)21(23)24/h2-4,7-10,14,20H,5-6,11H2,1H3,(H,19,22). The molecule has 0 aliphatic heterocycles. The molecule has 2 N–H and O–H groups in total. The number of amides is 1. The first-order valence-electron chi connectivity index (χ1n) is 8.41. The minimum Gasteiger partial charge on any atom is -0.348 e. The maximum Gasteiger partial charge on any atom is 0.269 e. The van der Waals surface area contributed by atoms with Crippen LogP contribution in [0.4, 0.5) is 5.69 Å². The third kappa shape index (κ3) is 4.69. The van der Waals surface area contributed by atoms with E-state index in [1.54, 1.807) is 25.1 Å². The summed E-state index contributed by atoms with van der Waals surface area (Å²) >= 11 is 0. The lowest BCUT2D eigenvalue weighted by atomic mass is 10.1. The summed E-state index contributed by atoms with van der Waals surface area (Å²) in [5.41, 5.74) is 1.60. The molecule has 0 aromatic heterocycles. The Hall–Kier alpha value is -2.78. The van der Waals surface area contributed by atoms with Gasteiger partial charge in [-0.1, -0.05) is 18.2 Å². The van der Waals surface area contributed by atoms with Gasteiger partial charge in [0.15, 0.2) is 0 Å². The van der Waals surface area contributed by atoms with Crippen molar-refractivity contribution in [3.63, 3.8) is 0 Å². The predicted molar refractivity (Wildman–Crippen MR) is 98.8 cm³/mol. The van der Waals surface area contributed by atoms with Crippen molar-refractivity contribution in [2.24, 2.45) is 0 Å². The number of nitro groups is 1. The van der Waals surface area contributed by atoms with E-state index in [9.17, 15) is 23.3 Å². The molecule has 0 saturated heterocycles. The van der Waals surface area contributed by atoms with Gasteiger partial charge in [-0.3, -0.25) is 14.9 Å². The van der Waals surface area contributed by atoms with Crippen molar-refractivity contribution >= 4 is 21.6 Å². The summed E-state index contributed by atoms with van der Waals surface area (Å²) < 4.78 is 27.3. The number of benzene rings is 2. The van der Waals surface area contributed by atoms with E-state index in [0.29, 0.717) is 11.1 Å². The quantitative estimate of drug-likeness (QED) is 0.556. The summed E-state index contributed by atoms with van der Waals surface area (Å²) in [5.74, 6) is -0.408. The fourth-order valence-corrected chi connectivity index (χ4v) is 3.85. The van der Waals surface area contributed by atoms with Gasteiger partial charge in [-0.2, -0.15) is 0 Å². The Morgan fingerprint density at radius 3 is 2.44 bits per heavy atom. The molecule has 8 nitrogen and oxygen atoms in total. The van der Waals surface area contributed by atoms with E-state index in [-0.39, 0.29) is 28.7 Å². The van der Waals surface area contributed by atoms with Gasteiger partial charge in [0.1, 0.15) is 0 Å². The molecular formula is C18H19N3O5S. The fraction of sp³-hybridized carbons (Fsp3) is 0.278. The van der Waals surface area contributed by atoms with Gasteiger partial charge in [0.05, 0.1) is 9.82 Å². The van der Waals surface area contributed by atoms with Crippen molar-refractivity contribution in [1.82, 2.24) is 10.0 Å². The summed E-state index contributed by atoms with van der Waals surface area (Å²) in [6, 6.07) is 10.3. The minimum atomic E-state index is -3.64. The highest BCUT2D eigenvalue weighted by Crippen LogP contribution is 2.23. The number of carbonyl (C=O) groups excluding carboxylic acids is 1. The number of nitrogens with zero attached hydrogens (tertiary/aromatic N) is 1. The van der Waals surface area contributed by atoms with E-state index in [0.717, 1.165) is 12.8 Å². The molecule has 0 bridgehead atoms. The molecule has 1 saturated carbocycles. The van der Waals surface area contributed by atoms with Crippen LogP contribution in [0, 0.1) is 17.0 Å². The largest absolute Gasteiger partial charge is 0.348 e. The Morgan fingerprint density at radius 2 is 1.85 bits per heavy atom. The normalized spacial score (nSPS) is 14.0. The van der Waals surface area contributed by atoms with Gasteiger partial charge in [-0.25, -0.2) is 13.1 Å². The van der Waals surface area contributed by atoms with Gasteiger partial charge in [-0.05, 0) is 43.0 Å². The van der Waals surface area contributed by atoms with Crippen molar-refractivity contribution in [2.45, 2.75) is 37.2 Å². The molecule has 2 aromatic rings. The molecule has 1 aliphatic rings. The summed E-state index contributed by atoms with van der Waals surface area (Å²) in [5, 5.41) is 13.4. The molecule has 0 atom stereocenters. The average molecular weight is 389 g/mol. The predicted octanol–water partition coefficient (Wildman–Crippen LogP) is 2.27. The van der Waals surface area contributed by atoms with E-state index in [2.05, 4.69) is 10.0 Å². The van der Waals surface area contributed by atoms with Crippen LogP contribution in [0.15, 0.2) is 47.4 Å². The Morgan fingerprint density at radius 1 is 1.19 bits per heavy atom. The van der Waals surface area contributed by atoms with Crippen molar-refractivity contribution < 1.29 is 18.1 Å². The number of hydrogen-bond donors (Lipinski definition) is 2. The Kier molecular flexibility index (Phi) is 5.24. The highest BCUT2D eigenvalue weighted by atomic mass is 32.2. The van der Waals surface area contributed by atoms with Gasteiger partial charge < -0.3 is 5.32 Å². The maximum absolute atomic E-state index is 12.5. The van der Waals surface area contributed by atoms with E-state index in [1.807, 2.05) is 0 Å². The molecule has 1 aliphatic carbocycles. The van der Waals surface area contributed by atoms with Gasteiger partial charge >= 0.3 is 0 Å². The van der Waals surface area contributed by atoms with Crippen LogP contribution in [-0.2, 0) is 16.6 Å². The fourth-order valence-electron chi connectivity index (χ4n) is 2.51. The molecule has 0 unspecified atom stereocenters. The molecule has 9 heteroatoms. The van der Waals surface area contributed by atoms with Crippen LogP contribution in [-0.4, -0.2) is 25.3 Å². The molecule has 1 fully saturated rings. The van der Waals surface area contributed by atoms with Crippen LogP contribution < -0.4 is 10.0 Å². The number of nitro benzene ring substituents is 1. The van der Waals surface area contributed by atoms with Crippen LogP contribution in [0.3, 0.4) is 0 Å². The summed E-state index contributed by atoms with van der Waals surface area (Å²) in [6.45, 7) is 1.90. The van der Waals surface area contributed by atoms with Gasteiger partial charge in [0.2, 0.25) is 10.0 Å². The Labute approximate surface area is 156 Å². The van der Waals surface area contributed by atoms with Crippen LogP contribution >= 0.6 is 0 Å². The molecule has 0 heterocycles. The van der Waals surface area contributed by atoms with E-state index in [1.165, 1.54) is 24.3 Å². The first-order chi connectivity index (χ1) is 12.8. The molecule has 142 valence electrons. The number of hydrogen-bond acceptors (Lipinski definition) is 5. The second-order valence-electron chi connectivity index (χ2n) is 6.48. The smallest absolute Gasteiger partial charge is 0.269 e. The molecule has 0 radical (unpaired) electrons. The minimum absolute atomic E-state index is 0.0179. The summed E-state index contributed by atoms with van der Waals surface area (Å²) in [4.78, 5) is 22.7. The number of aryl methyl sites for hydroxylation is 1. The average Bonchev–Trinajstić information content (AvgIpc) is 3.43. The third-order valence-corrected chi connectivity index (χ3v) is 5.78. The molecule has 2 aromatic carbocycles. The highest BCUT2D eigenvalue weighted by Gasteiger charge is 2.28. The number of carbonyl (C=O) groups is 1. The molecule has 1 amide bonds. The van der Waals surface area contributed by atoms with Crippen molar-refractivity contribution in [1.29, 1.82) is 0 Å². The number of nitrogens with one attached hydrogen (secondary N) is 2. The van der Waals surface area contributed by atoms with Crippen LogP contribution in [0.1, 0.15) is 34.3 Å². The van der Waals surface area contributed by atoms with Crippen LogP contribution in [0.5, 0.6) is 0 Å². The number of rotatable bonds is 7. The third-order valence-electron chi connectivity index (χ3n) is 4.26. The lowest BCUT2D eigenvalue weighted by Crippen LogP contribution is -2.27. The molecule has 27 heavy (non-hydrogen) atoms. The molecule has 3 rings (SSSR count). The first kappa shape index (κ1) is 19.0. The van der Waals surface area contributed by atoms with E-state index >= 15 is 0 Å². The lowest BCUT2D eigenvalue weighted by molar-refractivity contribution is -0.384. The molecule has 0 spiro atoms. The zero-order chi connectivity index (χ0) is 19.6. The van der Waals surface area contributed by atoms with Gasteiger partial charge in [0.25, 0.3) is 11.6 Å². The lowest BCUT2D eigenvalue weighted by Gasteiger charge is -2.11. The number of non-ortho nitro benzene ring substituents is 1.